The monoisotopic (exact) mass is 656 g/mol. The van der Waals surface area contributed by atoms with E-state index in [1.807, 2.05) is 41.7 Å². The number of hydrogen-bond acceptors (Lipinski definition) is 4. The van der Waals surface area contributed by atoms with Crippen molar-refractivity contribution < 1.29 is 0 Å². The number of rotatable bonds is 5. The first-order valence-corrected chi connectivity index (χ1v) is 17.5. The van der Waals surface area contributed by atoms with Gasteiger partial charge in [-0.1, -0.05) is 121 Å². The van der Waals surface area contributed by atoms with Gasteiger partial charge in [0.25, 0.3) is 0 Å². The predicted molar refractivity (Wildman–Crippen MR) is 209 cm³/mol. The van der Waals surface area contributed by atoms with Gasteiger partial charge in [-0.3, -0.25) is 0 Å². The van der Waals surface area contributed by atoms with Crippen molar-refractivity contribution in [3.05, 3.63) is 170 Å². The van der Waals surface area contributed by atoms with E-state index in [1.165, 1.54) is 42.0 Å². The standard InChI is InChI=1S/C45H28N4S/c1-2-11-30(12-3-1)43-46-44(48-45(47-43)33-25-26-42-38(28-33)37-17-6-9-20-41(37)50-42)31-23-21-29(22-24-31)32-13-10-14-34(27-32)49-39-18-7-4-15-35(39)36-16-5-8-19-40(36)49/h1-28H. The lowest BCUT2D eigenvalue weighted by Crippen LogP contribution is -2.00. The number of aromatic nitrogens is 4. The summed E-state index contributed by atoms with van der Waals surface area (Å²) >= 11 is 1.81. The normalized spacial score (nSPS) is 11.6. The Labute approximate surface area is 292 Å². The number of para-hydroxylation sites is 2. The Morgan fingerprint density at radius 2 is 0.860 bits per heavy atom. The molecule has 10 rings (SSSR count). The Morgan fingerprint density at radius 3 is 1.58 bits per heavy atom. The summed E-state index contributed by atoms with van der Waals surface area (Å²) in [5.74, 6) is 1.97. The van der Waals surface area contributed by atoms with Crippen LogP contribution in [0.2, 0.25) is 0 Å². The molecule has 234 valence electrons. The predicted octanol–water partition coefficient (Wildman–Crippen LogP) is 12.0. The van der Waals surface area contributed by atoms with Gasteiger partial charge in [0.2, 0.25) is 0 Å². The van der Waals surface area contributed by atoms with Crippen LogP contribution in [0.3, 0.4) is 0 Å². The Bertz CT molecular complexity index is 2810. The van der Waals surface area contributed by atoms with Crippen molar-refractivity contribution in [2.24, 2.45) is 0 Å². The molecule has 7 aromatic carbocycles. The van der Waals surface area contributed by atoms with Crippen molar-refractivity contribution in [3.8, 4) is 51.0 Å². The van der Waals surface area contributed by atoms with Crippen LogP contribution in [0.1, 0.15) is 0 Å². The van der Waals surface area contributed by atoms with Crippen molar-refractivity contribution in [1.29, 1.82) is 0 Å². The van der Waals surface area contributed by atoms with E-state index in [2.05, 4.69) is 144 Å². The smallest absolute Gasteiger partial charge is 0.164 e. The summed E-state index contributed by atoms with van der Waals surface area (Å²) in [6.07, 6.45) is 0. The number of fused-ring (bicyclic) bond motifs is 6. The number of benzene rings is 7. The maximum absolute atomic E-state index is 5.06. The van der Waals surface area contributed by atoms with Crippen molar-refractivity contribution >= 4 is 53.3 Å². The maximum Gasteiger partial charge on any atom is 0.164 e. The van der Waals surface area contributed by atoms with Gasteiger partial charge in [0.15, 0.2) is 17.5 Å². The van der Waals surface area contributed by atoms with Crippen LogP contribution in [-0.4, -0.2) is 19.5 Å². The molecule has 0 atom stereocenters. The van der Waals surface area contributed by atoms with E-state index in [4.69, 9.17) is 15.0 Å². The maximum atomic E-state index is 5.06. The van der Waals surface area contributed by atoms with Crippen LogP contribution >= 0.6 is 11.3 Å². The summed E-state index contributed by atoms with van der Waals surface area (Å²) in [7, 11) is 0. The zero-order valence-corrected chi connectivity index (χ0v) is 27.7. The number of thiophene rings is 1. The molecule has 0 amide bonds. The molecular formula is C45H28N4S. The topological polar surface area (TPSA) is 43.6 Å². The molecule has 0 aliphatic rings. The largest absolute Gasteiger partial charge is 0.309 e. The van der Waals surface area contributed by atoms with Crippen molar-refractivity contribution in [1.82, 2.24) is 19.5 Å². The first-order chi connectivity index (χ1) is 24.8. The fourth-order valence-corrected chi connectivity index (χ4v) is 8.14. The summed E-state index contributed by atoms with van der Waals surface area (Å²) in [5.41, 5.74) is 8.68. The van der Waals surface area contributed by atoms with E-state index in [9.17, 15) is 0 Å². The minimum absolute atomic E-state index is 0.648. The summed E-state index contributed by atoms with van der Waals surface area (Å²) in [4.78, 5) is 15.0. The minimum atomic E-state index is 0.648. The van der Waals surface area contributed by atoms with Crippen molar-refractivity contribution in [3.63, 3.8) is 0 Å². The molecular weight excluding hydrogens is 629 g/mol. The average Bonchev–Trinajstić information content (AvgIpc) is 3.74. The van der Waals surface area contributed by atoms with Gasteiger partial charge in [0.1, 0.15) is 0 Å². The Hall–Kier alpha value is -6.43. The van der Waals surface area contributed by atoms with Gasteiger partial charge >= 0.3 is 0 Å². The second-order valence-electron chi connectivity index (χ2n) is 12.5. The van der Waals surface area contributed by atoms with Gasteiger partial charge in [0.05, 0.1) is 11.0 Å². The fraction of sp³-hybridized carbons (Fsp3) is 0. The zero-order valence-electron chi connectivity index (χ0n) is 26.9. The fourth-order valence-electron chi connectivity index (χ4n) is 7.05. The van der Waals surface area contributed by atoms with E-state index in [0.717, 1.165) is 33.5 Å². The molecule has 0 unspecified atom stereocenters. The highest BCUT2D eigenvalue weighted by molar-refractivity contribution is 7.25. The summed E-state index contributed by atoms with van der Waals surface area (Å²) < 4.78 is 4.89. The second kappa shape index (κ2) is 11.6. The molecule has 10 aromatic rings. The SMILES string of the molecule is c1ccc(-c2nc(-c3ccc(-c4cccc(-n5c6ccccc6c6ccccc65)c4)cc3)nc(-c3ccc4sc5ccccc5c4c3)n2)cc1. The Morgan fingerprint density at radius 1 is 0.340 bits per heavy atom. The summed E-state index contributed by atoms with van der Waals surface area (Å²) in [6, 6.07) is 59.8. The zero-order chi connectivity index (χ0) is 33.0. The lowest BCUT2D eigenvalue weighted by molar-refractivity contribution is 1.07. The van der Waals surface area contributed by atoms with Crippen LogP contribution in [0, 0.1) is 0 Å². The van der Waals surface area contributed by atoms with E-state index in [-0.39, 0.29) is 0 Å². The third-order valence-electron chi connectivity index (χ3n) is 9.46. The lowest BCUT2D eigenvalue weighted by Gasteiger charge is -2.11. The second-order valence-corrected chi connectivity index (χ2v) is 13.6. The summed E-state index contributed by atoms with van der Waals surface area (Å²) in [6.45, 7) is 0. The molecule has 50 heavy (non-hydrogen) atoms. The minimum Gasteiger partial charge on any atom is -0.309 e. The summed E-state index contributed by atoms with van der Waals surface area (Å²) in [5, 5.41) is 4.99. The molecule has 3 aromatic heterocycles. The highest BCUT2D eigenvalue weighted by Gasteiger charge is 2.15. The van der Waals surface area contributed by atoms with Crippen LogP contribution in [0.25, 0.3) is 93.0 Å². The molecule has 0 aliphatic carbocycles. The molecule has 0 aliphatic heterocycles. The molecule has 4 nitrogen and oxygen atoms in total. The lowest BCUT2D eigenvalue weighted by atomic mass is 10.0. The van der Waals surface area contributed by atoms with Gasteiger partial charge in [0, 0.05) is 53.3 Å². The van der Waals surface area contributed by atoms with Gasteiger partial charge in [-0.25, -0.2) is 15.0 Å². The molecule has 0 N–H and O–H groups in total. The molecule has 0 radical (unpaired) electrons. The van der Waals surface area contributed by atoms with Crippen LogP contribution in [0.15, 0.2) is 170 Å². The third kappa shape index (κ3) is 4.79. The first-order valence-electron chi connectivity index (χ1n) is 16.7. The highest BCUT2D eigenvalue weighted by Crippen LogP contribution is 2.37. The quantitative estimate of drug-likeness (QED) is 0.185. The number of nitrogens with zero attached hydrogens (tertiary/aromatic N) is 4. The van der Waals surface area contributed by atoms with E-state index >= 15 is 0 Å². The molecule has 3 heterocycles. The van der Waals surface area contributed by atoms with Crippen LogP contribution in [0.5, 0.6) is 0 Å². The third-order valence-corrected chi connectivity index (χ3v) is 10.6. The van der Waals surface area contributed by atoms with E-state index in [1.54, 1.807) is 0 Å². The molecule has 0 saturated heterocycles. The average molecular weight is 657 g/mol. The molecule has 5 heteroatoms. The first kappa shape index (κ1) is 28.6. The van der Waals surface area contributed by atoms with E-state index < -0.39 is 0 Å². The van der Waals surface area contributed by atoms with Gasteiger partial charge in [-0.2, -0.15) is 0 Å². The Kier molecular flexibility index (Phi) is 6.64. The molecule has 0 bridgehead atoms. The van der Waals surface area contributed by atoms with Gasteiger partial charge in [-0.15, -0.1) is 11.3 Å². The van der Waals surface area contributed by atoms with Crippen molar-refractivity contribution in [2.75, 3.05) is 0 Å². The molecule has 0 fully saturated rings. The Balaban J connectivity index is 1.06. The van der Waals surface area contributed by atoms with Crippen LogP contribution in [0.4, 0.5) is 0 Å². The van der Waals surface area contributed by atoms with Gasteiger partial charge < -0.3 is 4.57 Å². The number of hydrogen-bond donors (Lipinski definition) is 0. The molecule has 0 spiro atoms. The van der Waals surface area contributed by atoms with E-state index in [0.29, 0.717) is 17.5 Å². The van der Waals surface area contributed by atoms with Crippen molar-refractivity contribution in [2.45, 2.75) is 0 Å². The van der Waals surface area contributed by atoms with Gasteiger partial charge in [-0.05, 0) is 59.7 Å². The van der Waals surface area contributed by atoms with Crippen LogP contribution < -0.4 is 0 Å². The molecule has 0 saturated carbocycles. The highest BCUT2D eigenvalue weighted by atomic mass is 32.1. The van der Waals surface area contributed by atoms with Crippen LogP contribution in [-0.2, 0) is 0 Å².